The summed E-state index contributed by atoms with van der Waals surface area (Å²) in [4.78, 5) is 12.5. The van der Waals surface area contributed by atoms with Crippen molar-refractivity contribution in [2.75, 3.05) is 25.1 Å². The number of anilines is 1. The molecule has 0 saturated carbocycles. The summed E-state index contributed by atoms with van der Waals surface area (Å²) in [6.07, 6.45) is 4.67. The molecule has 57 heavy (non-hydrogen) atoms. The first kappa shape index (κ1) is 43.7. The van der Waals surface area contributed by atoms with E-state index in [0.717, 1.165) is 81.0 Å². The van der Waals surface area contributed by atoms with Crippen molar-refractivity contribution in [3.8, 4) is 23.0 Å². The molecule has 1 aliphatic rings. The van der Waals surface area contributed by atoms with Crippen LogP contribution < -0.4 is 19.5 Å². The van der Waals surface area contributed by atoms with Gasteiger partial charge in [0.05, 0.1) is 19.8 Å². The molecule has 0 spiro atoms. The van der Waals surface area contributed by atoms with Crippen molar-refractivity contribution in [3.05, 3.63) is 110 Å². The van der Waals surface area contributed by atoms with Crippen LogP contribution in [0.3, 0.4) is 0 Å². The molecule has 1 amide bonds. The molecule has 0 aromatic heterocycles. The monoisotopic (exact) mass is 776 g/mol. The Hall–Kier alpha value is -4.45. The summed E-state index contributed by atoms with van der Waals surface area (Å²) < 4.78 is 20.4. The van der Waals surface area contributed by atoms with Crippen molar-refractivity contribution >= 4 is 11.6 Å². The third-order valence-electron chi connectivity index (χ3n) is 10.8. The molecule has 4 aromatic carbocycles. The second kappa shape index (κ2) is 17.6. The maximum absolute atomic E-state index is 12.5. The van der Waals surface area contributed by atoms with E-state index in [-0.39, 0.29) is 27.9 Å². The van der Waals surface area contributed by atoms with Crippen LogP contribution in [0.4, 0.5) is 5.69 Å². The van der Waals surface area contributed by atoms with Crippen LogP contribution in [0.25, 0.3) is 0 Å². The van der Waals surface area contributed by atoms with Gasteiger partial charge in [-0.25, -0.2) is 0 Å². The van der Waals surface area contributed by atoms with E-state index in [1.165, 1.54) is 23.6 Å². The summed E-state index contributed by atoms with van der Waals surface area (Å²) in [5.41, 5.74) is 11.8. The molecule has 8 bridgehead atoms. The second-order valence-electron chi connectivity index (χ2n) is 19.2. The van der Waals surface area contributed by atoms with Gasteiger partial charge in [0.25, 0.3) is 0 Å². The van der Waals surface area contributed by atoms with E-state index in [0.29, 0.717) is 51.2 Å². The molecule has 0 unspecified atom stereocenters. The highest BCUT2D eigenvalue weighted by molar-refractivity contribution is 5.89. The Bertz CT molecular complexity index is 1950. The van der Waals surface area contributed by atoms with Crippen molar-refractivity contribution in [2.45, 2.75) is 151 Å². The number of hydrogen-bond donors (Lipinski definition) is 2. The number of ether oxygens (including phenoxy) is 3. The molecule has 5 rings (SSSR count). The number of hydrogen-bond acceptors (Lipinski definition) is 5. The van der Waals surface area contributed by atoms with Crippen LogP contribution in [0.2, 0.25) is 0 Å². The summed E-state index contributed by atoms with van der Waals surface area (Å²) in [6.45, 7) is 30.0. The van der Waals surface area contributed by atoms with Crippen LogP contribution in [0.1, 0.15) is 170 Å². The average molecular weight is 776 g/mol. The van der Waals surface area contributed by atoms with E-state index < -0.39 is 0 Å². The Morgan fingerprint density at radius 3 is 1.00 bits per heavy atom. The van der Waals surface area contributed by atoms with Crippen LogP contribution in [-0.4, -0.2) is 30.8 Å². The summed E-state index contributed by atoms with van der Waals surface area (Å²) in [5.74, 6) is 2.70. The number of fused-ring (bicyclic) bond motifs is 8. The average Bonchev–Trinajstić information content (AvgIpc) is 3.10. The summed E-state index contributed by atoms with van der Waals surface area (Å²) in [5, 5.41) is 15.3. The number of phenols is 1. The number of benzene rings is 4. The van der Waals surface area contributed by atoms with Gasteiger partial charge in [-0.2, -0.15) is 0 Å². The topological polar surface area (TPSA) is 77.0 Å². The summed E-state index contributed by atoms with van der Waals surface area (Å²) >= 11 is 0. The van der Waals surface area contributed by atoms with Crippen molar-refractivity contribution in [3.63, 3.8) is 0 Å². The number of aromatic hydroxyl groups is 1. The Morgan fingerprint density at radius 1 is 0.509 bits per heavy atom. The smallest absolute Gasteiger partial charge is 0.221 e. The maximum Gasteiger partial charge on any atom is 0.221 e. The third kappa shape index (κ3) is 10.5. The highest BCUT2D eigenvalue weighted by Gasteiger charge is 2.28. The van der Waals surface area contributed by atoms with E-state index in [1.54, 1.807) is 0 Å². The minimum atomic E-state index is -0.162. The summed E-state index contributed by atoms with van der Waals surface area (Å²) in [6, 6.07) is 17.7. The molecule has 6 heteroatoms. The number of carbonyl (C=O) groups is 1. The van der Waals surface area contributed by atoms with E-state index in [4.69, 9.17) is 14.2 Å². The molecule has 2 N–H and O–H groups in total. The number of rotatable bonds is 10. The molecule has 0 saturated heterocycles. The largest absolute Gasteiger partial charge is 0.507 e. The van der Waals surface area contributed by atoms with E-state index in [2.05, 4.69) is 125 Å². The molecule has 1 aliphatic carbocycles. The van der Waals surface area contributed by atoms with Gasteiger partial charge < -0.3 is 24.6 Å². The predicted molar refractivity (Wildman–Crippen MR) is 236 cm³/mol. The Morgan fingerprint density at radius 2 is 0.772 bits per heavy atom. The fraction of sp³-hybridized carbons (Fsp3) is 0.510. The van der Waals surface area contributed by atoms with Gasteiger partial charge in [-0.3, -0.25) is 4.79 Å². The molecule has 0 radical (unpaired) electrons. The lowest BCUT2D eigenvalue weighted by Crippen LogP contribution is -2.17. The first-order chi connectivity index (χ1) is 26.7. The number of phenolic OH excluding ortho intramolecular Hbond substituents is 1. The van der Waals surface area contributed by atoms with Gasteiger partial charge in [-0.15, -0.1) is 0 Å². The van der Waals surface area contributed by atoms with E-state index >= 15 is 0 Å². The SMILES string of the molecule is CCCOc1c2cc(C(C)(C)C)cc1Cc1cc(C(C)(C)C)cc(c1OCCC)Cc1cc(C(C)(C)C)cc(c1OCCC)Cc1cc(NC(C)=O)cc(c1O)C2. The van der Waals surface area contributed by atoms with Gasteiger partial charge in [0.2, 0.25) is 5.91 Å². The third-order valence-corrected chi connectivity index (χ3v) is 10.8. The zero-order valence-corrected chi connectivity index (χ0v) is 37.3. The van der Waals surface area contributed by atoms with E-state index in [1.807, 2.05) is 12.1 Å². The Kier molecular flexibility index (Phi) is 13.5. The molecule has 6 nitrogen and oxygen atoms in total. The quantitative estimate of drug-likeness (QED) is 0.138. The van der Waals surface area contributed by atoms with Gasteiger partial charge >= 0.3 is 0 Å². The molecular formula is C51H69NO5. The zero-order valence-electron chi connectivity index (χ0n) is 37.3. The molecule has 308 valence electrons. The first-order valence-electron chi connectivity index (χ1n) is 21.2. The molecule has 0 fully saturated rings. The van der Waals surface area contributed by atoms with Gasteiger partial charge in [0.15, 0.2) is 0 Å². The van der Waals surface area contributed by atoms with Crippen molar-refractivity contribution in [1.29, 1.82) is 0 Å². The highest BCUT2D eigenvalue weighted by Crippen LogP contribution is 2.43. The fourth-order valence-corrected chi connectivity index (χ4v) is 7.64. The minimum Gasteiger partial charge on any atom is -0.507 e. The van der Waals surface area contributed by atoms with E-state index in [9.17, 15) is 9.90 Å². The van der Waals surface area contributed by atoms with Crippen LogP contribution in [-0.2, 0) is 46.7 Å². The second-order valence-corrected chi connectivity index (χ2v) is 19.2. The normalized spacial score (nSPS) is 13.3. The first-order valence-corrected chi connectivity index (χ1v) is 21.2. The van der Waals surface area contributed by atoms with Crippen molar-refractivity contribution in [2.24, 2.45) is 0 Å². The molecule has 0 atom stereocenters. The van der Waals surface area contributed by atoms with Crippen LogP contribution in [0, 0.1) is 0 Å². The fourth-order valence-electron chi connectivity index (χ4n) is 7.64. The number of amides is 1. The van der Waals surface area contributed by atoms with Gasteiger partial charge in [0, 0.05) is 49.4 Å². The van der Waals surface area contributed by atoms with Gasteiger partial charge in [-0.05, 0) is 97.7 Å². The molecular weight excluding hydrogens is 707 g/mol. The highest BCUT2D eigenvalue weighted by atomic mass is 16.5. The van der Waals surface area contributed by atoms with Gasteiger partial charge in [0.1, 0.15) is 23.0 Å². The molecule has 0 aliphatic heterocycles. The number of carbonyl (C=O) groups excluding carboxylic acids is 1. The van der Waals surface area contributed by atoms with Crippen molar-refractivity contribution in [1.82, 2.24) is 0 Å². The lowest BCUT2D eigenvalue weighted by Gasteiger charge is -2.28. The van der Waals surface area contributed by atoms with Crippen LogP contribution in [0.5, 0.6) is 23.0 Å². The maximum atomic E-state index is 12.5. The summed E-state index contributed by atoms with van der Waals surface area (Å²) in [7, 11) is 0. The number of nitrogens with one attached hydrogen (secondary N) is 1. The predicted octanol–water partition coefficient (Wildman–Crippen LogP) is 12.3. The van der Waals surface area contributed by atoms with Crippen LogP contribution in [0.15, 0.2) is 48.5 Å². The molecule has 0 heterocycles. The lowest BCUT2D eigenvalue weighted by molar-refractivity contribution is -0.114. The Balaban J connectivity index is 1.97. The lowest BCUT2D eigenvalue weighted by atomic mass is 9.80. The van der Waals surface area contributed by atoms with Crippen molar-refractivity contribution < 1.29 is 24.1 Å². The zero-order chi connectivity index (χ0) is 41.9. The van der Waals surface area contributed by atoms with Gasteiger partial charge in [-0.1, -0.05) is 119 Å². The van der Waals surface area contributed by atoms with Crippen LogP contribution >= 0.6 is 0 Å². The minimum absolute atomic E-state index is 0.112. The molecule has 4 aromatic rings. The Labute approximate surface area is 343 Å². The standard InChI is InChI=1S/C51H69NO5/c1-14-17-55-46-35-20-33-30-44(52-32(4)53)31-34(45(33)54)21-36-25-42(50(8,9)10)27-38(47(36)56-18-15-2)23-40-29-43(51(11,12)13)28-39(48(40)57-19-16-3)22-37(46)26-41(24-35)49(5,6)7/h24-31,54H,14-23H2,1-13H3,(H,52,53).